The van der Waals surface area contributed by atoms with Crippen LogP contribution < -0.4 is 5.32 Å². The van der Waals surface area contributed by atoms with E-state index < -0.39 is 0 Å². The number of halogens is 1. The minimum absolute atomic E-state index is 0.556. The number of nitrogens with zero attached hydrogens (tertiary/aromatic N) is 1. The van der Waals surface area contributed by atoms with Gasteiger partial charge in [0.2, 0.25) is 0 Å². The molecule has 1 aliphatic carbocycles. The maximum absolute atomic E-state index is 5.76. The number of hydrogen-bond acceptors (Lipinski definition) is 2. The van der Waals surface area contributed by atoms with Gasteiger partial charge in [0.05, 0.1) is 11.9 Å². The quantitative estimate of drug-likeness (QED) is 0.620. The molecule has 3 heteroatoms. The van der Waals surface area contributed by atoms with Gasteiger partial charge in [0.25, 0.3) is 0 Å². The maximum Gasteiger partial charge on any atom is 0.129 e. The molecule has 0 bridgehead atoms. The van der Waals surface area contributed by atoms with Crippen molar-refractivity contribution < 1.29 is 0 Å². The Morgan fingerprint density at radius 2 is 2.12 bits per heavy atom. The summed E-state index contributed by atoms with van der Waals surface area (Å²) in [5.41, 5.74) is 1.09. The summed E-state index contributed by atoms with van der Waals surface area (Å²) in [5.74, 6) is 0.884. The summed E-state index contributed by atoms with van der Waals surface area (Å²) in [6.07, 6.45) is 8.39. The van der Waals surface area contributed by atoms with Gasteiger partial charge in [0.15, 0.2) is 0 Å². The van der Waals surface area contributed by atoms with Gasteiger partial charge in [-0.3, -0.25) is 0 Å². The Hall–Kier alpha value is -0.760. The molecular formula is C13H19ClN2. The number of pyridine rings is 1. The lowest BCUT2D eigenvalue weighted by atomic mass is 10.0. The maximum atomic E-state index is 5.76. The van der Waals surface area contributed by atoms with Crippen LogP contribution in [-0.2, 0) is 0 Å². The van der Waals surface area contributed by atoms with Crippen LogP contribution in [-0.4, -0.2) is 11.0 Å². The molecular weight excluding hydrogens is 220 g/mol. The van der Waals surface area contributed by atoms with Gasteiger partial charge >= 0.3 is 0 Å². The van der Waals surface area contributed by atoms with Gasteiger partial charge in [-0.05, 0) is 37.3 Å². The van der Waals surface area contributed by atoms with Crippen LogP contribution in [0.1, 0.15) is 39.0 Å². The van der Waals surface area contributed by atoms with Crippen molar-refractivity contribution in [3.63, 3.8) is 0 Å². The highest BCUT2D eigenvalue weighted by Gasteiger charge is 2.15. The fraction of sp³-hybridized carbons (Fsp3) is 0.615. The molecule has 1 N–H and O–H groups in total. The van der Waals surface area contributed by atoms with Crippen molar-refractivity contribution in [1.82, 2.24) is 4.98 Å². The number of nitrogens with one attached hydrogen (secondary N) is 1. The van der Waals surface area contributed by atoms with E-state index in [0.717, 1.165) is 11.6 Å². The molecule has 2 nitrogen and oxygen atoms in total. The van der Waals surface area contributed by atoms with Crippen LogP contribution in [0.15, 0.2) is 18.3 Å². The summed E-state index contributed by atoms with van der Waals surface area (Å²) in [4.78, 5) is 4.09. The van der Waals surface area contributed by atoms with Gasteiger partial charge in [-0.1, -0.05) is 31.4 Å². The van der Waals surface area contributed by atoms with Crippen LogP contribution in [0, 0.1) is 5.92 Å². The van der Waals surface area contributed by atoms with Crippen molar-refractivity contribution in [3.8, 4) is 0 Å². The zero-order valence-electron chi connectivity index (χ0n) is 9.75. The van der Waals surface area contributed by atoms with Gasteiger partial charge in [0.1, 0.15) is 5.15 Å². The second-order valence-corrected chi connectivity index (χ2v) is 5.21. The van der Waals surface area contributed by atoms with Crippen molar-refractivity contribution in [1.29, 1.82) is 0 Å². The van der Waals surface area contributed by atoms with E-state index in [-0.39, 0.29) is 0 Å². The number of hydrogen-bond donors (Lipinski definition) is 1. The zero-order valence-corrected chi connectivity index (χ0v) is 10.5. The predicted octanol–water partition coefficient (Wildman–Crippen LogP) is 4.12. The molecule has 1 aromatic rings. The van der Waals surface area contributed by atoms with E-state index in [9.17, 15) is 0 Å². The van der Waals surface area contributed by atoms with Gasteiger partial charge in [-0.15, -0.1) is 0 Å². The first-order valence-electron chi connectivity index (χ1n) is 6.12. The van der Waals surface area contributed by atoms with E-state index in [2.05, 4.69) is 17.2 Å². The minimum atomic E-state index is 0.556. The fourth-order valence-electron chi connectivity index (χ4n) is 2.33. The van der Waals surface area contributed by atoms with Gasteiger partial charge < -0.3 is 5.32 Å². The standard InChI is InChI=1S/C13H19ClN2/c1-10-3-2-4-11(6-5-10)16-12-7-8-13(14)15-9-12/h7-11,16H,2-6H2,1H3. The van der Waals surface area contributed by atoms with Crippen LogP contribution >= 0.6 is 11.6 Å². The highest BCUT2D eigenvalue weighted by atomic mass is 35.5. The van der Waals surface area contributed by atoms with Gasteiger partial charge in [-0.2, -0.15) is 0 Å². The molecule has 0 saturated heterocycles. The summed E-state index contributed by atoms with van der Waals surface area (Å²) in [6.45, 7) is 2.35. The number of aromatic nitrogens is 1. The van der Waals surface area contributed by atoms with Crippen LogP contribution in [0.2, 0.25) is 5.15 Å². The Balaban J connectivity index is 1.91. The van der Waals surface area contributed by atoms with Gasteiger partial charge in [-0.25, -0.2) is 4.98 Å². The number of rotatable bonds is 2. The van der Waals surface area contributed by atoms with E-state index in [1.54, 1.807) is 0 Å². The predicted molar refractivity (Wildman–Crippen MR) is 68.9 cm³/mol. The fourth-order valence-corrected chi connectivity index (χ4v) is 2.44. The second-order valence-electron chi connectivity index (χ2n) is 4.82. The molecule has 2 unspecified atom stereocenters. The first kappa shape index (κ1) is 11.7. The van der Waals surface area contributed by atoms with Crippen molar-refractivity contribution in [2.24, 2.45) is 5.92 Å². The monoisotopic (exact) mass is 238 g/mol. The van der Waals surface area contributed by atoms with E-state index >= 15 is 0 Å². The Labute approximate surface area is 102 Å². The highest BCUT2D eigenvalue weighted by Crippen LogP contribution is 2.25. The van der Waals surface area contributed by atoms with Crippen LogP contribution in [0.5, 0.6) is 0 Å². The molecule has 1 heterocycles. The van der Waals surface area contributed by atoms with Gasteiger partial charge in [0, 0.05) is 6.04 Å². The van der Waals surface area contributed by atoms with Crippen LogP contribution in [0.25, 0.3) is 0 Å². The summed E-state index contributed by atoms with van der Waals surface area (Å²) in [6, 6.07) is 4.44. The highest BCUT2D eigenvalue weighted by molar-refractivity contribution is 6.29. The Kier molecular flexibility index (Phi) is 4.05. The van der Waals surface area contributed by atoms with Crippen molar-refractivity contribution in [3.05, 3.63) is 23.5 Å². The summed E-state index contributed by atoms with van der Waals surface area (Å²) >= 11 is 5.76. The Morgan fingerprint density at radius 3 is 2.88 bits per heavy atom. The molecule has 0 radical (unpaired) electrons. The molecule has 1 aliphatic rings. The average molecular weight is 239 g/mol. The van der Waals surface area contributed by atoms with E-state index in [1.165, 1.54) is 32.1 Å². The SMILES string of the molecule is CC1CCCC(Nc2ccc(Cl)nc2)CC1. The largest absolute Gasteiger partial charge is 0.381 e. The topological polar surface area (TPSA) is 24.9 Å². The van der Waals surface area contributed by atoms with E-state index in [0.29, 0.717) is 11.2 Å². The summed E-state index contributed by atoms with van der Waals surface area (Å²) in [7, 11) is 0. The molecule has 0 amide bonds. The summed E-state index contributed by atoms with van der Waals surface area (Å²) in [5, 5.41) is 4.10. The molecule has 16 heavy (non-hydrogen) atoms. The summed E-state index contributed by atoms with van der Waals surface area (Å²) < 4.78 is 0. The van der Waals surface area contributed by atoms with Crippen LogP contribution in [0.3, 0.4) is 0 Å². The Bertz CT molecular complexity index is 323. The van der Waals surface area contributed by atoms with Crippen molar-refractivity contribution >= 4 is 17.3 Å². The smallest absolute Gasteiger partial charge is 0.129 e. The molecule has 0 spiro atoms. The lowest BCUT2D eigenvalue weighted by Gasteiger charge is -2.17. The lowest BCUT2D eigenvalue weighted by Crippen LogP contribution is -2.18. The Morgan fingerprint density at radius 1 is 1.25 bits per heavy atom. The first-order valence-corrected chi connectivity index (χ1v) is 6.50. The van der Waals surface area contributed by atoms with Crippen LogP contribution in [0.4, 0.5) is 5.69 Å². The molecule has 0 aromatic carbocycles. The lowest BCUT2D eigenvalue weighted by molar-refractivity contribution is 0.502. The molecule has 2 rings (SSSR count). The second kappa shape index (κ2) is 5.53. The van der Waals surface area contributed by atoms with Crippen molar-refractivity contribution in [2.45, 2.75) is 45.1 Å². The van der Waals surface area contributed by atoms with E-state index in [4.69, 9.17) is 11.6 Å². The molecule has 1 aromatic heterocycles. The number of anilines is 1. The molecule has 1 saturated carbocycles. The molecule has 88 valence electrons. The first-order chi connectivity index (χ1) is 7.74. The zero-order chi connectivity index (χ0) is 11.4. The minimum Gasteiger partial charge on any atom is -0.381 e. The average Bonchev–Trinajstić information content (AvgIpc) is 2.47. The van der Waals surface area contributed by atoms with Crippen molar-refractivity contribution in [2.75, 3.05) is 5.32 Å². The third-order valence-corrected chi connectivity index (χ3v) is 3.58. The molecule has 0 aliphatic heterocycles. The molecule has 2 atom stereocenters. The normalized spacial score (nSPS) is 26.1. The van der Waals surface area contributed by atoms with E-state index in [1.807, 2.05) is 18.3 Å². The third kappa shape index (κ3) is 3.38. The molecule has 1 fully saturated rings. The third-order valence-electron chi connectivity index (χ3n) is 3.36.